The molecule has 1 aliphatic carbocycles. The van der Waals surface area contributed by atoms with Crippen LogP contribution in [-0.4, -0.2) is 23.3 Å². The molecule has 2 amide bonds. The zero-order chi connectivity index (χ0) is 20.3. The topological polar surface area (TPSA) is 49.4 Å². The van der Waals surface area contributed by atoms with Crippen molar-refractivity contribution in [3.8, 4) is 0 Å². The normalized spacial score (nSPS) is 18.7. The summed E-state index contributed by atoms with van der Waals surface area (Å²) in [5, 5.41) is 3.09. The number of likely N-dealkylation sites (tertiary alicyclic amines) is 1. The molecular weight excluding hydrogens is 367 g/mol. The van der Waals surface area contributed by atoms with Crippen molar-refractivity contribution in [2.75, 3.05) is 11.9 Å². The zero-order valence-electron chi connectivity index (χ0n) is 16.6. The third-order valence-electron chi connectivity index (χ3n) is 6.27. The maximum Gasteiger partial charge on any atom is 0.235 e. The molecule has 2 aliphatic rings. The van der Waals surface area contributed by atoms with Gasteiger partial charge in [-0.15, -0.1) is 0 Å². The van der Waals surface area contributed by atoms with Crippen molar-refractivity contribution in [1.29, 1.82) is 0 Å². The average molecular weight is 394 g/mol. The Kier molecular flexibility index (Phi) is 5.65. The minimum atomic E-state index is -0.605. The summed E-state index contributed by atoms with van der Waals surface area (Å²) in [5.41, 5.74) is 2.03. The highest BCUT2D eigenvalue weighted by Crippen LogP contribution is 2.42. The van der Waals surface area contributed by atoms with E-state index in [0.717, 1.165) is 61.9 Å². The van der Waals surface area contributed by atoms with Crippen molar-refractivity contribution in [2.24, 2.45) is 0 Å². The molecule has 0 unspecified atom stereocenters. The minimum Gasteiger partial charge on any atom is -0.338 e. The zero-order valence-corrected chi connectivity index (χ0v) is 16.6. The number of carbonyl (C=O) groups is 2. The molecule has 5 heteroatoms. The highest BCUT2D eigenvalue weighted by molar-refractivity contribution is 5.99. The molecule has 1 saturated carbocycles. The van der Waals surface area contributed by atoms with Gasteiger partial charge in [-0.3, -0.25) is 9.59 Å². The van der Waals surface area contributed by atoms with Crippen molar-refractivity contribution in [2.45, 2.75) is 56.9 Å². The van der Waals surface area contributed by atoms with Crippen molar-refractivity contribution in [3.63, 3.8) is 0 Å². The van der Waals surface area contributed by atoms with Gasteiger partial charge in [0, 0.05) is 25.2 Å². The van der Waals surface area contributed by atoms with Gasteiger partial charge in [0.15, 0.2) is 0 Å². The van der Waals surface area contributed by atoms with E-state index in [2.05, 4.69) is 5.32 Å². The Morgan fingerprint density at radius 2 is 1.79 bits per heavy atom. The summed E-state index contributed by atoms with van der Waals surface area (Å²) in [5.74, 6) is -0.123. The molecule has 2 aromatic carbocycles. The first kappa shape index (κ1) is 19.6. The fraction of sp³-hybridized carbons (Fsp3) is 0.417. The highest BCUT2D eigenvalue weighted by Gasteiger charge is 2.42. The second-order valence-corrected chi connectivity index (χ2v) is 8.22. The van der Waals surface area contributed by atoms with Gasteiger partial charge >= 0.3 is 0 Å². The standard InChI is InChI=1S/C24H27FN2O2/c25-20-11-9-19(10-12-20)24(13-2-3-14-24)23(29)26-21-7-5-6-18(16-21)17-27-15-4-1-8-22(27)28/h5-7,9-12,16H,1-4,8,13-15,17H2,(H,26,29). The number of amides is 2. The van der Waals surface area contributed by atoms with E-state index in [1.165, 1.54) is 12.1 Å². The van der Waals surface area contributed by atoms with E-state index in [9.17, 15) is 14.0 Å². The molecule has 1 N–H and O–H groups in total. The number of hydrogen-bond donors (Lipinski definition) is 1. The lowest BCUT2D eigenvalue weighted by Crippen LogP contribution is -2.38. The van der Waals surface area contributed by atoms with E-state index >= 15 is 0 Å². The van der Waals surface area contributed by atoms with Gasteiger partial charge in [-0.25, -0.2) is 4.39 Å². The summed E-state index contributed by atoms with van der Waals surface area (Å²) in [6.07, 6.45) is 6.15. The first-order valence-corrected chi connectivity index (χ1v) is 10.5. The molecule has 1 heterocycles. The number of anilines is 1. The van der Waals surface area contributed by atoms with Gasteiger partial charge in [0.1, 0.15) is 5.82 Å². The predicted molar refractivity (Wildman–Crippen MR) is 111 cm³/mol. The molecule has 152 valence electrons. The molecule has 0 bridgehead atoms. The van der Waals surface area contributed by atoms with E-state index in [4.69, 9.17) is 0 Å². The van der Waals surface area contributed by atoms with Crippen molar-refractivity contribution >= 4 is 17.5 Å². The molecule has 4 rings (SSSR count). The molecule has 0 aromatic heterocycles. The van der Waals surface area contributed by atoms with Crippen LogP contribution in [0.15, 0.2) is 48.5 Å². The Bertz CT molecular complexity index is 888. The Hall–Kier alpha value is -2.69. The highest BCUT2D eigenvalue weighted by atomic mass is 19.1. The quantitative estimate of drug-likeness (QED) is 0.793. The van der Waals surface area contributed by atoms with Crippen molar-refractivity contribution < 1.29 is 14.0 Å². The van der Waals surface area contributed by atoms with E-state index in [1.54, 1.807) is 12.1 Å². The molecule has 1 saturated heterocycles. The first-order chi connectivity index (χ1) is 14.1. The van der Waals surface area contributed by atoms with Crippen LogP contribution in [0.5, 0.6) is 0 Å². The Morgan fingerprint density at radius 1 is 1.03 bits per heavy atom. The number of nitrogens with zero attached hydrogens (tertiary/aromatic N) is 1. The molecule has 4 nitrogen and oxygen atoms in total. The summed E-state index contributed by atoms with van der Waals surface area (Å²) in [6.45, 7) is 1.37. The van der Waals surface area contributed by atoms with Crippen LogP contribution < -0.4 is 5.32 Å². The molecular formula is C24H27FN2O2. The summed E-state index contributed by atoms with van der Waals surface area (Å²) < 4.78 is 13.4. The molecule has 1 aliphatic heterocycles. The maximum atomic E-state index is 13.4. The molecule has 0 atom stereocenters. The summed E-state index contributed by atoms with van der Waals surface area (Å²) in [6, 6.07) is 14.1. The van der Waals surface area contributed by atoms with E-state index < -0.39 is 5.41 Å². The Morgan fingerprint density at radius 3 is 2.52 bits per heavy atom. The van der Waals surface area contributed by atoms with Crippen molar-refractivity contribution in [3.05, 3.63) is 65.5 Å². The lowest BCUT2D eigenvalue weighted by atomic mass is 9.78. The molecule has 0 radical (unpaired) electrons. The van der Waals surface area contributed by atoms with Gasteiger partial charge < -0.3 is 10.2 Å². The minimum absolute atomic E-state index is 0.0344. The third-order valence-corrected chi connectivity index (χ3v) is 6.27. The smallest absolute Gasteiger partial charge is 0.235 e. The number of halogens is 1. The summed E-state index contributed by atoms with van der Waals surface area (Å²) >= 11 is 0. The van der Waals surface area contributed by atoms with Gasteiger partial charge in [0.05, 0.1) is 5.41 Å². The van der Waals surface area contributed by atoms with Crippen LogP contribution in [0, 0.1) is 5.82 Å². The fourth-order valence-corrected chi connectivity index (χ4v) is 4.64. The summed E-state index contributed by atoms with van der Waals surface area (Å²) in [4.78, 5) is 27.3. The van der Waals surface area contributed by atoms with E-state index in [1.807, 2.05) is 29.2 Å². The monoisotopic (exact) mass is 394 g/mol. The predicted octanol–water partition coefficient (Wildman–Crippen LogP) is 4.79. The maximum absolute atomic E-state index is 13.4. The van der Waals surface area contributed by atoms with Crippen LogP contribution >= 0.6 is 0 Å². The van der Waals surface area contributed by atoms with Crippen LogP contribution in [-0.2, 0) is 21.5 Å². The van der Waals surface area contributed by atoms with Crippen LogP contribution in [0.3, 0.4) is 0 Å². The number of nitrogens with one attached hydrogen (secondary N) is 1. The number of benzene rings is 2. The van der Waals surface area contributed by atoms with Crippen LogP contribution in [0.1, 0.15) is 56.1 Å². The van der Waals surface area contributed by atoms with Crippen LogP contribution in [0.2, 0.25) is 0 Å². The molecule has 2 aromatic rings. The SMILES string of the molecule is O=C1CCCCN1Cc1cccc(NC(=O)C2(c3ccc(F)cc3)CCCC2)c1. The van der Waals surface area contributed by atoms with Gasteiger partial charge in [-0.1, -0.05) is 37.1 Å². The number of rotatable bonds is 5. The van der Waals surface area contributed by atoms with Gasteiger partial charge in [-0.2, -0.15) is 0 Å². The van der Waals surface area contributed by atoms with Gasteiger partial charge in [0.2, 0.25) is 11.8 Å². The second kappa shape index (κ2) is 8.36. The van der Waals surface area contributed by atoms with Gasteiger partial charge in [-0.05, 0) is 61.1 Å². The second-order valence-electron chi connectivity index (χ2n) is 8.22. The summed E-state index contributed by atoms with van der Waals surface area (Å²) in [7, 11) is 0. The van der Waals surface area contributed by atoms with E-state index in [-0.39, 0.29) is 17.6 Å². The number of piperidine rings is 1. The Labute approximate surface area is 171 Å². The van der Waals surface area contributed by atoms with Crippen molar-refractivity contribution in [1.82, 2.24) is 4.90 Å². The average Bonchev–Trinajstić information content (AvgIpc) is 3.22. The lowest BCUT2D eigenvalue weighted by Gasteiger charge is -2.29. The Balaban J connectivity index is 1.51. The van der Waals surface area contributed by atoms with E-state index in [0.29, 0.717) is 13.0 Å². The molecule has 0 spiro atoms. The molecule has 2 fully saturated rings. The van der Waals surface area contributed by atoms with Gasteiger partial charge in [0.25, 0.3) is 0 Å². The first-order valence-electron chi connectivity index (χ1n) is 10.5. The lowest BCUT2D eigenvalue weighted by molar-refractivity contribution is -0.133. The third kappa shape index (κ3) is 4.19. The van der Waals surface area contributed by atoms with Crippen LogP contribution in [0.4, 0.5) is 10.1 Å². The fourth-order valence-electron chi connectivity index (χ4n) is 4.64. The van der Waals surface area contributed by atoms with Crippen LogP contribution in [0.25, 0.3) is 0 Å². The number of carbonyl (C=O) groups excluding carboxylic acids is 2. The molecule has 29 heavy (non-hydrogen) atoms. The number of hydrogen-bond acceptors (Lipinski definition) is 2. The largest absolute Gasteiger partial charge is 0.338 e.